The molecule has 8 heteroatoms. The van der Waals surface area contributed by atoms with Crippen LogP contribution >= 0.6 is 0 Å². The standard InChI is InChI=1S/C35H57NO7/c1-11-39-36-24-18-22-21(32(8)20-26-25(19-23(24)32)40-30(4,5)41-26)12-16-33(9)27(13-17-35(22,33)38)34(10)28(14-15-29(2,3)37)42-31(6,7)43-34/h18,21,23,25-28,37-38H,11-17,19-20H2,1-10H3/b36-24-/t21-,23-,25+,26-,27-,28+,32+,33+,34+,35+/m0/s1. The van der Waals surface area contributed by atoms with Gasteiger partial charge in [0.15, 0.2) is 11.6 Å². The van der Waals surface area contributed by atoms with E-state index in [1.165, 1.54) is 0 Å². The zero-order valence-corrected chi connectivity index (χ0v) is 28.3. The van der Waals surface area contributed by atoms with E-state index in [9.17, 15) is 10.2 Å². The van der Waals surface area contributed by atoms with Crippen LogP contribution in [-0.4, -0.2) is 69.2 Å². The van der Waals surface area contributed by atoms with Crippen LogP contribution in [0.4, 0.5) is 0 Å². The monoisotopic (exact) mass is 603 g/mol. The van der Waals surface area contributed by atoms with E-state index in [2.05, 4.69) is 26.8 Å². The van der Waals surface area contributed by atoms with Crippen LogP contribution in [0.15, 0.2) is 16.8 Å². The topological polar surface area (TPSA) is 99.0 Å². The predicted molar refractivity (Wildman–Crippen MR) is 164 cm³/mol. The van der Waals surface area contributed by atoms with Crippen molar-refractivity contribution >= 4 is 5.71 Å². The third kappa shape index (κ3) is 4.96. The molecule has 0 radical (unpaired) electrons. The van der Waals surface area contributed by atoms with Gasteiger partial charge in [0.1, 0.15) is 6.61 Å². The number of hydrogen-bond acceptors (Lipinski definition) is 8. The van der Waals surface area contributed by atoms with Crippen LogP contribution in [-0.2, 0) is 23.8 Å². The smallest absolute Gasteiger partial charge is 0.164 e. The highest BCUT2D eigenvalue weighted by Crippen LogP contribution is 2.70. The first-order valence-electron chi connectivity index (χ1n) is 16.9. The summed E-state index contributed by atoms with van der Waals surface area (Å²) in [5, 5.41) is 28.3. The molecular formula is C35H57NO7. The van der Waals surface area contributed by atoms with Gasteiger partial charge in [0.25, 0.3) is 0 Å². The Hall–Kier alpha value is -1.03. The van der Waals surface area contributed by atoms with Gasteiger partial charge in [0.2, 0.25) is 0 Å². The van der Waals surface area contributed by atoms with Crippen molar-refractivity contribution in [3.8, 4) is 0 Å². The maximum absolute atomic E-state index is 13.0. The third-order valence-corrected chi connectivity index (χ3v) is 12.5. The average Bonchev–Trinajstić information content (AvgIpc) is 3.42. The molecule has 4 aliphatic carbocycles. The lowest BCUT2D eigenvalue weighted by atomic mass is 9.45. The van der Waals surface area contributed by atoms with Crippen molar-refractivity contribution in [1.29, 1.82) is 0 Å². The van der Waals surface area contributed by atoms with Crippen molar-refractivity contribution in [3.63, 3.8) is 0 Å². The maximum Gasteiger partial charge on any atom is 0.164 e. The maximum atomic E-state index is 13.0. The summed E-state index contributed by atoms with van der Waals surface area (Å²) >= 11 is 0. The Morgan fingerprint density at radius 3 is 2.33 bits per heavy atom. The number of allylic oxidation sites excluding steroid dienone is 1. The van der Waals surface area contributed by atoms with E-state index >= 15 is 0 Å². The molecule has 0 unspecified atom stereocenters. The molecule has 0 spiro atoms. The van der Waals surface area contributed by atoms with Crippen molar-refractivity contribution < 1.29 is 34.0 Å². The van der Waals surface area contributed by atoms with E-state index in [4.69, 9.17) is 28.9 Å². The van der Waals surface area contributed by atoms with E-state index in [-0.39, 0.29) is 41.5 Å². The molecule has 2 saturated heterocycles. The Kier molecular flexibility index (Phi) is 7.41. The molecule has 2 N–H and O–H groups in total. The van der Waals surface area contributed by atoms with Gasteiger partial charge in [-0.3, -0.25) is 0 Å². The largest absolute Gasteiger partial charge is 0.396 e. The quantitative estimate of drug-likeness (QED) is 0.345. The highest BCUT2D eigenvalue weighted by atomic mass is 16.8. The summed E-state index contributed by atoms with van der Waals surface area (Å²) in [6, 6.07) is 0. The molecule has 0 aromatic heterocycles. The van der Waals surface area contributed by atoms with Crippen LogP contribution in [0.25, 0.3) is 0 Å². The molecule has 0 amide bonds. The Bertz CT molecular complexity index is 1170. The van der Waals surface area contributed by atoms with E-state index in [1.54, 1.807) is 0 Å². The zero-order chi connectivity index (χ0) is 31.4. The lowest BCUT2D eigenvalue weighted by molar-refractivity contribution is -0.189. The molecular weight excluding hydrogens is 546 g/mol. The minimum absolute atomic E-state index is 0.0323. The van der Waals surface area contributed by atoms with Crippen LogP contribution in [0.3, 0.4) is 0 Å². The molecule has 0 aromatic rings. The van der Waals surface area contributed by atoms with Gasteiger partial charge in [-0.15, -0.1) is 0 Å². The summed E-state index contributed by atoms with van der Waals surface area (Å²) in [6.45, 7) is 21.0. The first-order valence-corrected chi connectivity index (χ1v) is 16.9. The van der Waals surface area contributed by atoms with Crippen LogP contribution in [0.1, 0.15) is 121 Å². The van der Waals surface area contributed by atoms with Crippen LogP contribution in [0, 0.1) is 28.6 Å². The van der Waals surface area contributed by atoms with Crippen LogP contribution in [0.5, 0.6) is 0 Å². The van der Waals surface area contributed by atoms with Crippen molar-refractivity contribution in [3.05, 3.63) is 11.6 Å². The summed E-state index contributed by atoms with van der Waals surface area (Å²) in [4.78, 5) is 5.71. The predicted octanol–water partition coefficient (Wildman–Crippen LogP) is 6.27. The highest BCUT2D eigenvalue weighted by molar-refractivity contribution is 5.99. The molecule has 0 bridgehead atoms. The van der Waals surface area contributed by atoms with Gasteiger partial charge in [-0.2, -0.15) is 0 Å². The van der Waals surface area contributed by atoms with Crippen molar-refractivity contribution in [2.24, 2.45) is 33.7 Å². The second-order valence-electron chi connectivity index (χ2n) is 16.8. The first-order chi connectivity index (χ1) is 19.8. The number of fused-ring (bicyclic) bond motifs is 6. The molecule has 43 heavy (non-hydrogen) atoms. The summed E-state index contributed by atoms with van der Waals surface area (Å²) in [6.07, 6.45) is 8.56. The van der Waals surface area contributed by atoms with E-state index in [1.807, 2.05) is 48.5 Å². The molecule has 5 fully saturated rings. The third-order valence-electron chi connectivity index (χ3n) is 12.5. The molecule has 244 valence electrons. The molecule has 2 aliphatic heterocycles. The molecule has 8 nitrogen and oxygen atoms in total. The van der Waals surface area contributed by atoms with E-state index in [0.717, 1.165) is 43.4 Å². The fourth-order valence-electron chi connectivity index (χ4n) is 10.7. The fraction of sp³-hybridized carbons (Fsp3) is 0.914. The van der Waals surface area contributed by atoms with Crippen molar-refractivity contribution in [2.45, 2.75) is 167 Å². The summed E-state index contributed by atoms with van der Waals surface area (Å²) in [5.74, 6) is -0.845. The van der Waals surface area contributed by atoms with E-state index < -0.39 is 33.8 Å². The second kappa shape index (κ2) is 9.98. The van der Waals surface area contributed by atoms with Gasteiger partial charge in [-0.05, 0) is 136 Å². The number of oxime groups is 1. The first kappa shape index (κ1) is 31.9. The normalized spacial score (nSPS) is 49.2. The van der Waals surface area contributed by atoms with Crippen molar-refractivity contribution in [1.82, 2.24) is 0 Å². The zero-order valence-electron chi connectivity index (χ0n) is 28.3. The molecule has 6 aliphatic rings. The second-order valence-corrected chi connectivity index (χ2v) is 16.8. The average molecular weight is 604 g/mol. The molecule has 10 atom stereocenters. The number of hydrogen-bond donors (Lipinski definition) is 2. The molecule has 0 aromatic carbocycles. The summed E-state index contributed by atoms with van der Waals surface area (Å²) < 4.78 is 26.2. The van der Waals surface area contributed by atoms with Gasteiger partial charge < -0.3 is 34.0 Å². The number of ether oxygens (including phenoxy) is 4. The molecule has 6 rings (SSSR count). The van der Waals surface area contributed by atoms with E-state index in [0.29, 0.717) is 25.9 Å². The Labute approximate surface area is 258 Å². The summed E-state index contributed by atoms with van der Waals surface area (Å²) in [5.41, 5.74) is -0.867. The fourth-order valence-corrected chi connectivity index (χ4v) is 10.7. The Balaban J connectivity index is 1.37. The van der Waals surface area contributed by atoms with Gasteiger partial charge in [0, 0.05) is 11.3 Å². The number of aliphatic hydroxyl groups is 2. The lowest BCUT2D eigenvalue weighted by Crippen LogP contribution is -2.62. The number of nitrogens with zero attached hydrogens (tertiary/aromatic N) is 1. The van der Waals surface area contributed by atoms with Gasteiger partial charge in [-0.25, -0.2) is 0 Å². The van der Waals surface area contributed by atoms with Gasteiger partial charge in [0.05, 0.1) is 40.8 Å². The lowest BCUT2D eigenvalue weighted by Gasteiger charge is -2.61. The Morgan fingerprint density at radius 2 is 1.65 bits per heavy atom. The Morgan fingerprint density at radius 1 is 0.953 bits per heavy atom. The van der Waals surface area contributed by atoms with Gasteiger partial charge >= 0.3 is 0 Å². The van der Waals surface area contributed by atoms with Crippen LogP contribution in [0.2, 0.25) is 0 Å². The minimum Gasteiger partial charge on any atom is -0.396 e. The molecule has 2 heterocycles. The number of rotatable bonds is 6. The molecule has 3 saturated carbocycles. The minimum atomic E-state index is -0.995. The SMILES string of the molecule is CCO/N=C1/C=C2[C@H](CC[C@]3(C)[C@@H]([C@@]4(C)OC(C)(C)O[C@@H]4CCC(C)(C)O)CC[C@@]23O)[C@@]2(C)C[C@@H]3OC(C)(C)O[C@@H]3C[C@@H]12. The summed E-state index contributed by atoms with van der Waals surface area (Å²) in [7, 11) is 0. The van der Waals surface area contributed by atoms with Crippen LogP contribution < -0.4 is 0 Å². The van der Waals surface area contributed by atoms with Gasteiger partial charge in [-0.1, -0.05) is 19.0 Å². The highest BCUT2D eigenvalue weighted by Gasteiger charge is 2.71. The van der Waals surface area contributed by atoms with Crippen molar-refractivity contribution in [2.75, 3.05) is 6.61 Å².